The molecule has 0 spiro atoms. The number of aliphatic hydroxyl groups is 1. The predicted octanol–water partition coefficient (Wildman–Crippen LogP) is 2.37. The minimum absolute atomic E-state index is 0.0140. The van der Waals surface area contributed by atoms with Crippen molar-refractivity contribution in [2.75, 3.05) is 7.11 Å². The third-order valence-electron chi connectivity index (χ3n) is 3.05. The van der Waals surface area contributed by atoms with Gasteiger partial charge in [-0.2, -0.15) is 0 Å². The molecule has 0 bridgehead atoms. The Kier molecular flexibility index (Phi) is 5.01. The minimum Gasteiger partial charge on any atom is -0.493 e. The van der Waals surface area contributed by atoms with E-state index < -0.39 is 0 Å². The van der Waals surface area contributed by atoms with Crippen LogP contribution in [0, 0.1) is 0 Å². The van der Waals surface area contributed by atoms with E-state index in [9.17, 15) is 0 Å². The van der Waals surface area contributed by atoms with Gasteiger partial charge in [-0.1, -0.05) is 13.0 Å². The first-order valence-corrected chi connectivity index (χ1v) is 6.68. The molecular weight excluding hydrogens is 256 g/mol. The molecule has 108 valence electrons. The first kappa shape index (κ1) is 14.4. The van der Waals surface area contributed by atoms with E-state index in [1.165, 1.54) is 0 Å². The van der Waals surface area contributed by atoms with E-state index >= 15 is 0 Å². The smallest absolute Gasteiger partial charge is 0.161 e. The number of aliphatic hydroxyl groups excluding tert-OH is 1. The van der Waals surface area contributed by atoms with Gasteiger partial charge in [-0.05, 0) is 24.1 Å². The van der Waals surface area contributed by atoms with Crippen molar-refractivity contribution in [1.29, 1.82) is 0 Å². The maximum Gasteiger partial charge on any atom is 0.161 e. The highest BCUT2D eigenvalue weighted by Crippen LogP contribution is 2.28. The lowest BCUT2D eigenvalue weighted by Crippen LogP contribution is -2.05. The number of aromatic nitrogens is 2. The van der Waals surface area contributed by atoms with Gasteiger partial charge in [0.2, 0.25) is 0 Å². The highest BCUT2D eigenvalue weighted by atomic mass is 16.5. The second kappa shape index (κ2) is 6.96. The van der Waals surface area contributed by atoms with Crippen LogP contribution in [0.15, 0.2) is 30.7 Å². The van der Waals surface area contributed by atoms with Gasteiger partial charge in [-0.3, -0.25) is 0 Å². The Morgan fingerprint density at radius 3 is 2.85 bits per heavy atom. The zero-order chi connectivity index (χ0) is 14.4. The summed E-state index contributed by atoms with van der Waals surface area (Å²) < 4.78 is 13.1. The summed E-state index contributed by atoms with van der Waals surface area (Å²) in [6.45, 7) is 3.48. The van der Waals surface area contributed by atoms with E-state index in [1.807, 2.05) is 24.7 Å². The second-order valence-corrected chi connectivity index (χ2v) is 4.51. The van der Waals surface area contributed by atoms with Crippen molar-refractivity contribution in [1.82, 2.24) is 9.55 Å². The summed E-state index contributed by atoms with van der Waals surface area (Å²) in [5, 5.41) is 9.12. The van der Waals surface area contributed by atoms with Gasteiger partial charge in [0.15, 0.2) is 11.5 Å². The monoisotopic (exact) mass is 276 g/mol. The molecule has 1 N–H and O–H groups in total. The largest absolute Gasteiger partial charge is 0.493 e. The van der Waals surface area contributed by atoms with Crippen LogP contribution in [0.2, 0.25) is 0 Å². The van der Waals surface area contributed by atoms with Crippen LogP contribution in [-0.2, 0) is 19.8 Å². The van der Waals surface area contributed by atoms with Crippen LogP contribution >= 0.6 is 0 Å². The molecule has 0 radical (unpaired) electrons. The van der Waals surface area contributed by atoms with Crippen LogP contribution in [0.25, 0.3) is 0 Å². The molecule has 0 fully saturated rings. The normalized spacial score (nSPS) is 10.6. The molecule has 0 saturated heterocycles. The topological polar surface area (TPSA) is 56.5 Å². The number of nitrogens with zero attached hydrogens (tertiary/aromatic N) is 2. The molecular formula is C15H20N2O3. The SMILES string of the molecule is CCCn1cncc1COc1ccc(CO)cc1OC. The summed E-state index contributed by atoms with van der Waals surface area (Å²) >= 11 is 0. The summed E-state index contributed by atoms with van der Waals surface area (Å²) in [6.07, 6.45) is 4.68. The van der Waals surface area contributed by atoms with Gasteiger partial charge in [0.1, 0.15) is 6.61 Å². The molecule has 0 aliphatic rings. The van der Waals surface area contributed by atoms with E-state index in [2.05, 4.69) is 16.5 Å². The van der Waals surface area contributed by atoms with Crippen LogP contribution in [0.5, 0.6) is 11.5 Å². The van der Waals surface area contributed by atoms with Gasteiger partial charge >= 0.3 is 0 Å². The molecule has 2 rings (SSSR count). The number of methoxy groups -OCH3 is 1. The molecule has 1 heterocycles. The number of hydrogen-bond donors (Lipinski definition) is 1. The number of imidazole rings is 1. The third-order valence-corrected chi connectivity index (χ3v) is 3.05. The van der Waals surface area contributed by atoms with Gasteiger partial charge in [0.25, 0.3) is 0 Å². The molecule has 0 aliphatic carbocycles. The molecule has 5 nitrogen and oxygen atoms in total. The van der Waals surface area contributed by atoms with Crippen LogP contribution < -0.4 is 9.47 Å². The fraction of sp³-hybridized carbons (Fsp3) is 0.400. The molecule has 0 aliphatic heterocycles. The van der Waals surface area contributed by atoms with Gasteiger partial charge in [0.05, 0.1) is 31.9 Å². The summed E-state index contributed by atoms with van der Waals surface area (Å²) in [5.74, 6) is 1.28. The molecule has 1 aromatic carbocycles. The lowest BCUT2D eigenvalue weighted by atomic mass is 10.2. The number of benzene rings is 1. The summed E-state index contributed by atoms with van der Waals surface area (Å²) in [6, 6.07) is 5.41. The highest BCUT2D eigenvalue weighted by molar-refractivity contribution is 5.42. The van der Waals surface area contributed by atoms with Crippen LogP contribution in [0.4, 0.5) is 0 Å². The Labute approximate surface area is 118 Å². The summed E-state index contributed by atoms with van der Waals surface area (Å²) in [5.41, 5.74) is 1.82. The second-order valence-electron chi connectivity index (χ2n) is 4.51. The van der Waals surface area contributed by atoms with E-state index in [0.717, 1.165) is 24.2 Å². The number of ether oxygens (including phenoxy) is 2. The first-order valence-electron chi connectivity index (χ1n) is 6.68. The fourth-order valence-corrected chi connectivity index (χ4v) is 1.99. The maximum absolute atomic E-state index is 9.12. The molecule has 0 unspecified atom stereocenters. The quantitative estimate of drug-likeness (QED) is 0.843. The Hall–Kier alpha value is -2.01. The number of hydrogen-bond acceptors (Lipinski definition) is 4. The van der Waals surface area contributed by atoms with Gasteiger partial charge in [0, 0.05) is 6.54 Å². The van der Waals surface area contributed by atoms with Crippen LogP contribution in [0.3, 0.4) is 0 Å². The van der Waals surface area contributed by atoms with Crippen molar-refractivity contribution >= 4 is 0 Å². The van der Waals surface area contributed by atoms with Gasteiger partial charge < -0.3 is 19.1 Å². The van der Waals surface area contributed by atoms with E-state index in [4.69, 9.17) is 14.6 Å². The Morgan fingerprint density at radius 1 is 1.30 bits per heavy atom. The lowest BCUT2D eigenvalue weighted by molar-refractivity contribution is 0.269. The van der Waals surface area contributed by atoms with Crippen LogP contribution in [0.1, 0.15) is 24.6 Å². The molecule has 5 heteroatoms. The lowest BCUT2D eigenvalue weighted by Gasteiger charge is -2.12. The van der Waals surface area contributed by atoms with Crippen molar-refractivity contribution in [3.63, 3.8) is 0 Å². The minimum atomic E-state index is -0.0140. The maximum atomic E-state index is 9.12. The zero-order valence-electron chi connectivity index (χ0n) is 11.9. The van der Waals surface area contributed by atoms with Gasteiger partial charge in [-0.25, -0.2) is 4.98 Å². The van der Waals surface area contributed by atoms with E-state index in [-0.39, 0.29) is 6.61 Å². The number of aryl methyl sites for hydroxylation is 1. The van der Waals surface area contributed by atoms with Crippen LogP contribution in [-0.4, -0.2) is 21.8 Å². The Balaban J connectivity index is 2.08. The molecule has 0 saturated carbocycles. The average Bonchev–Trinajstić information content (AvgIpc) is 2.92. The molecule has 20 heavy (non-hydrogen) atoms. The predicted molar refractivity (Wildman–Crippen MR) is 75.8 cm³/mol. The van der Waals surface area contributed by atoms with E-state index in [1.54, 1.807) is 13.2 Å². The van der Waals surface area contributed by atoms with Gasteiger partial charge in [-0.15, -0.1) is 0 Å². The van der Waals surface area contributed by atoms with Crippen molar-refractivity contribution < 1.29 is 14.6 Å². The van der Waals surface area contributed by atoms with Crippen molar-refractivity contribution in [2.24, 2.45) is 0 Å². The fourth-order valence-electron chi connectivity index (χ4n) is 1.99. The Bertz CT molecular complexity index is 552. The molecule has 1 aromatic heterocycles. The molecule has 0 amide bonds. The summed E-state index contributed by atoms with van der Waals surface area (Å²) in [7, 11) is 1.59. The summed E-state index contributed by atoms with van der Waals surface area (Å²) in [4.78, 5) is 4.14. The van der Waals surface area contributed by atoms with Crippen molar-refractivity contribution in [2.45, 2.75) is 33.1 Å². The standard InChI is InChI=1S/C15H20N2O3/c1-3-6-17-11-16-8-13(17)10-20-14-5-4-12(9-18)7-15(14)19-2/h4-5,7-8,11,18H,3,6,9-10H2,1-2H3. The Morgan fingerprint density at radius 2 is 2.15 bits per heavy atom. The molecule has 0 atom stereocenters. The van der Waals surface area contributed by atoms with Crippen molar-refractivity contribution in [3.8, 4) is 11.5 Å². The van der Waals surface area contributed by atoms with Crippen molar-refractivity contribution in [3.05, 3.63) is 42.0 Å². The highest BCUT2D eigenvalue weighted by Gasteiger charge is 2.08. The van der Waals surface area contributed by atoms with E-state index in [0.29, 0.717) is 18.1 Å². The first-order chi connectivity index (χ1) is 9.78. The molecule has 2 aromatic rings. The zero-order valence-corrected chi connectivity index (χ0v) is 11.9. The third kappa shape index (κ3) is 3.30. The number of rotatable bonds is 7. The average molecular weight is 276 g/mol.